The third kappa shape index (κ3) is 6.36. The number of carbonyl (C=O) groups is 3. The fourth-order valence-corrected chi connectivity index (χ4v) is 7.26. The fourth-order valence-electron chi connectivity index (χ4n) is 6.79. The summed E-state index contributed by atoms with van der Waals surface area (Å²) in [5.74, 6) is -2.46. The monoisotopic (exact) mass is 770 g/mol. The molecular formula is C37H33Cl2FN10O4. The van der Waals surface area contributed by atoms with Crippen LogP contribution in [0.1, 0.15) is 59.8 Å². The molecule has 1 aliphatic heterocycles. The number of aromatic nitrogens is 6. The number of carbonyl (C=O) groups excluding carboxylic acids is 3. The van der Waals surface area contributed by atoms with Gasteiger partial charge in [-0.3, -0.25) is 23.6 Å². The third-order valence-electron chi connectivity index (χ3n) is 9.76. The number of nitrogens with one attached hydrogen (secondary N) is 2. The maximum absolute atomic E-state index is 14.4. The highest BCUT2D eigenvalue weighted by Gasteiger charge is 2.52. The lowest BCUT2D eigenvalue weighted by Gasteiger charge is -2.28. The lowest BCUT2D eigenvalue weighted by molar-refractivity contribution is -0.126. The zero-order valence-electron chi connectivity index (χ0n) is 29.4. The molecule has 0 bridgehead atoms. The summed E-state index contributed by atoms with van der Waals surface area (Å²) in [4.78, 5) is 57.0. The van der Waals surface area contributed by atoms with Gasteiger partial charge in [0.2, 0.25) is 11.9 Å². The Morgan fingerprint density at radius 1 is 1.09 bits per heavy atom. The van der Waals surface area contributed by atoms with Crippen molar-refractivity contribution in [2.75, 3.05) is 4.90 Å². The molecule has 17 heteroatoms. The highest BCUT2D eigenvalue weighted by molar-refractivity contribution is 6.35. The van der Waals surface area contributed by atoms with E-state index in [2.05, 4.69) is 36.8 Å². The molecule has 3 N–H and O–H groups in total. The van der Waals surface area contributed by atoms with Gasteiger partial charge in [-0.2, -0.15) is 10.4 Å². The van der Waals surface area contributed by atoms with E-state index in [1.807, 2.05) is 20.2 Å². The normalized spacial score (nSPS) is 18.1. The minimum absolute atomic E-state index is 0.0112. The standard InChI is InChI=1S/C37H33Cl2FN10O4/c1-19-25(18-48(4)47-19)23-15-42-33(43-16-23)37(9-10-37)46-32(53)30(20(2)51)45-31(52)28-17-44-35-49(24-11-26(38)29(40)27(39)12-24)34(54)36(3,50(28)35)13-21-5-7-22(14-41)8-6-21/h5-8,11-12,15-18,20,30,51H,9-10,13H2,1-4H3,(H,45,52)(H,46,53). The van der Waals surface area contributed by atoms with E-state index < -0.39 is 46.8 Å². The number of hydrogen-bond donors (Lipinski definition) is 3. The van der Waals surface area contributed by atoms with Crippen molar-refractivity contribution in [3.05, 3.63) is 105 Å². The van der Waals surface area contributed by atoms with E-state index in [0.29, 0.717) is 29.8 Å². The van der Waals surface area contributed by atoms with Gasteiger partial charge in [-0.05, 0) is 63.4 Å². The van der Waals surface area contributed by atoms with Crippen molar-refractivity contribution in [2.45, 2.75) is 63.3 Å². The van der Waals surface area contributed by atoms with Crippen molar-refractivity contribution >= 4 is 52.6 Å². The number of aryl methyl sites for hydroxylation is 2. The first-order valence-electron chi connectivity index (χ1n) is 16.9. The van der Waals surface area contributed by atoms with E-state index in [-0.39, 0.29) is 33.8 Å². The average molecular weight is 772 g/mol. The van der Waals surface area contributed by atoms with Crippen LogP contribution in [0.4, 0.5) is 16.0 Å². The molecule has 5 aromatic rings. The SMILES string of the molecule is Cc1nn(C)cc1-c1cnc(C2(NC(=O)C(NC(=O)c3cnc4n3C(C)(Cc3ccc(C#N)cc3)C(=O)N4c3cc(Cl)c(F)c(Cl)c3)C(C)O)CC2)nc1. The summed E-state index contributed by atoms with van der Waals surface area (Å²) >= 11 is 12.2. The van der Waals surface area contributed by atoms with E-state index in [1.165, 1.54) is 34.7 Å². The second kappa shape index (κ2) is 13.6. The van der Waals surface area contributed by atoms with E-state index >= 15 is 0 Å². The summed E-state index contributed by atoms with van der Waals surface area (Å²) in [5.41, 5.74) is 1.17. The Balaban J connectivity index is 1.18. The number of nitrogens with zero attached hydrogens (tertiary/aromatic N) is 8. The van der Waals surface area contributed by atoms with E-state index in [4.69, 9.17) is 23.2 Å². The van der Waals surface area contributed by atoms with E-state index in [9.17, 15) is 29.1 Å². The summed E-state index contributed by atoms with van der Waals surface area (Å²) in [6.07, 6.45) is 6.24. The van der Waals surface area contributed by atoms with Gasteiger partial charge < -0.3 is 15.7 Å². The summed E-state index contributed by atoms with van der Waals surface area (Å²) in [6.45, 7) is 4.86. The molecule has 2 aromatic carbocycles. The molecule has 3 aromatic heterocycles. The predicted molar refractivity (Wildman–Crippen MR) is 195 cm³/mol. The number of fused-ring (bicyclic) bond motifs is 1. The van der Waals surface area contributed by atoms with Crippen LogP contribution in [0.15, 0.2) is 61.2 Å². The minimum atomic E-state index is -1.50. The number of imidazole rings is 1. The van der Waals surface area contributed by atoms with Gasteiger partial charge in [-0.15, -0.1) is 0 Å². The number of hydrogen-bond acceptors (Lipinski definition) is 9. The Morgan fingerprint density at radius 3 is 2.30 bits per heavy atom. The largest absolute Gasteiger partial charge is 0.391 e. The Kier molecular flexibility index (Phi) is 9.25. The minimum Gasteiger partial charge on any atom is -0.391 e. The Bertz CT molecular complexity index is 2340. The van der Waals surface area contributed by atoms with Crippen LogP contribution in [0.2, 0.25) is 10.0 Å². The second-order valence-corrected chi connectivity index (χ2v) is 14.6. The first-order chi connectivity index (χ1) is 25.7. The lowest BCUT2D eigenvalue weighted by atomic mass is 9.91. The molecule has 1 fully saturated rings. The van der Waals surface area contributed by atoms with Crippen molar-refractivity contribution in [2.24, 2.45) is 7.05 Å². The number of rotatable bonds is 10. The van der Waals surface area contributed by atoms with Gasteiger partial charge in [0.15, 0.2) is 11.6 Å². The van der Waals surface area contributed by atoms with Crippen LogP contribution < -0.4 is 15.5 Å². The zero-order chi connectivity index (χ0) is 38.7. The Morgan fingerprint density at radius 2 is 1.74 bits per heavy atom. The molecule has 54 heavy (non-hydrogen) atoms. The number of nitriles is 1. The van der Waals surface area contributed by atoms with Gasteiger partial charge in [-0.1, -0.05) is 35.3 Å². The van der Waals surface area contributed by atoms with Crippen molar-refractivity contribution in [1.29, 1.82) is 5.26 Å². The van der Waals surface area contributed by atoms with Gasteiger partial charge in [0.1, 0.15) is 22.8 Å². The summed E-state index contributed by atoms with van der Waals surface area (Å²) in [5, 5.41) is 29.3. The molecule has 1 saturated carbocycles. The van der Waals surface area contributed by atoms with Crippen LogP contribution in [0.3, 0.4) is 0 Å². The number of halogens is 3. The quantitative estimate of drug-likeness (QED) is 0.171. The molecule has 7 rings (SSSR count). The number of aliphatic hydroxyl groups excluding tert-OH is 1. The van der Waals surface area contributed by atoms with Crippen LogP contribution in [0.25, 0.3) is 11.1 Å². The van der Waals surface area contributed by atoms with Crippen LogP contribution in [-0.2, 0) is 34.1 Å². The maximum Gasteiger partial charge on any atom is 0.270 e. The Labute approximate surface area is 318 Å². The molecule has 0 spiro atoms. The van der Waals surface area contributed by atoms with Gasteiger partial charge in [0.05, 0.1) is 45.4 Å². The average Bonchev–Trinajstić information content (AvgIpc) is 3.55. The van der Waals surface area contributed by atoms with Gasteiger partial charge in [0, 0.05) is 43.2 Å². The first-order valence-corrected chi connectivity index (χ1v) is 17.6. The van der Waals surface area contributed by atoms with Crippen molar-refractivity contribution in [1.82, 2.24) is 39.9 Å². The topological polar surface area (TPSA) is 184 Å². The van der Waals surface area contributed by atoms with E-state index in [0.717, 1.165) is 16.8 Å². The zero-order valence-corrected chi connectivity index (χ0v) is 30.9. The van der Waals surface area contributed by atoms with Crippen molar-refractivity contribution in [3.63, 3.8) is 0 Å². The first kappa shape index (κ1) is 36.7. The van der Waals surface area contributed by atoms with Crippen molar-refractivity contribution in [3.8, 4) is 17.2 Å². The summed E-state index contributed by atoms with van der Waals surface area (Å²) in [7, 11) is 1.82. The smallest absolute Gasteiger partial charge is 0.270 e. The van der Waals surface area contributed by atoms with E-state index in [1.54, 1.807) is 48.3 Å². The summed E-state index contributed by atoms with van der Waals surface area (Å²) < 4.78 is 17.5. The highest BCUT2D eigenvalue weighted by atomic mass is 35.5. The molecule has 3 amide bonds. The van der Waals surface area contributed by atoms with Crippen LogP contribution >= 0.6 is 23.2 Å². The molecule has 0 saturated heterocycles. The van der Waals surface area contributed by atoms with Crippen LogP contribution in [0, 0.1) is 24.1 Å². The molecule has 3 unspecified atom stereocenters. The van der Waals surface area contributed by atoms with Crippen LogP contribution in [-0.4, -0.2) is 64.3 Å². The fraction of sp³-hybridized carbons (Fsp3) is 0.297. The molecule has 14 nitrogen and oxygen atoms in total. The molecule has 276 valence electrons. The van der Waals surface area contributed by atoms with Gasteiger partial charge >= 0.3 is 0 Å². The summed E-state index contributed by atoms with van der Waals surface area (Å²) in [6, 6.07) is 9.70. The number of amides is 3. The molecular weight excluding hydrogens is 738 g/mol. The van der Waals surface area contributed by atoms with Gasteiger partial charge in [-0.25, -0.2) is 24.2 Å². The molecule has 1 aliphatic carbocycles. The Hall–Kier alpha value is -5.69. The number of aliphatic hydroxyl groups is 1. The third-order valence-corrected chi connectivity index (χ3v) is 10.3. The lowest BCUT2D eigenvalue weighted by Crippen LogP contribution is -2.55. The predicted octanol–water partition coefficient (Wildman–Crippen LogP) is 4.62. The molecule has 3 atom stereocenters. The number of anilines is 2. The van der Waals surface area contributed by atoms with Crippen molar-refractivity contribution < 1.29 is 23.9 Å². The highest BCUT2D eigenvalue weighted by Crippen LogP contribution is 2.45. The van der Waals surface area contributed by atoms with Gasteiger partial charge in [0.25, 0.3) is 11.8 Å². The molecule has 4 heterocycles. The molecule has 0 radical (unpaired) electrons. The van der Waals surface area contributed by atoms with Crippen LogP contribution in [0.5, 0.6) is 0 Å². The maximum atomic E-state index is 14.4. The molecule has 2 aliphatic rings. The number of benzene rings is 2. The second-order valence-electron chi connectivity index (χ2n) is 13.8.